The van der Waals surface area contributed by atoms with Crippen molar-refractivity contribution in [2.45, 2.75) is 6.92 Å². The second-order valence-corrected chi connectivity index (χ2v) is 7.11. The van der Waals surface area contributed by atoms with Crippen LogP contribution >= 0.6 is 0 Å². The first-order valence-corrected chi connectivity index (χ1v) is 9.79. The highest BCUT2D eigenvalue weighted by atomic mass is 19.1. The molecule has 9 heteroatoms. The fraction of sp³-hybridized carbons (Fsp3) is 0.0435. The van der Waals surface area contributed by atoms with E-state index >= 15 is 0 Å². The van der Waals surface area contributed by atoms with E-state index in [0.29, 0.717) is 28.6 Å². The zero-order valence-corrected chi connectivity index (χ0v) is 17.0. The number of hydrogen-bond donors (Lipinski definition) is 3. The zero-order chi connectivity index (χ0) is 22.1. The average Bonchev–Trinajstić information content (AvgIpc) is 3.26. The Morgan fingerprint density at radius 3 is 2.72 bits per heavy atom. The minimum absolute atomic E-state index is 0.0953. The summed E-state index contributed by atoms with van der Waals surface area (Å²) in [7, 11) is 0. The van der Waals surface area contributed by atoms with Crippen LogP contribution < -0.4 is 15.8 Å². The first-order chi connectivity index (χ1) is 15.5. The molecule has 5 aromatic rings. The largest absolute Gasteiger partial charge is 0.453 e. The molecule has 0 aliphatic heterocycles. The molecule has 0 amide bonds. The van der Waals surface area contributed by atoms with Gasteiger partial charge in [0.2, 0.25) is 5.95 Å². The predicted octanol–water partition coefficient (Wildman–Crippen LogP) is 4.98. The lowest BCUT2D eigenvalue weighted by atomic mass is 10.2. The standard InChI is InChI=1S/C23H18FN7O/c1-13-2-3-14(12-28-13)18-11-21(31-23(25)30-18)29-15-4-5-20(17(24)10-15)32-19-7-9-27-22-16(19)6-8-26-22/h2-12H,1H3,(H,26,27)(H3,25,29,30,31). The number of aromatic amines is 1. The van der Waals surface area contributed by atoms with Crippen LogP contribution in [0, 0.1) is 12.7 Å². The number of fused-ring (bicyclic) bond motifs is 1. The third-order valence-corrected chi connectivity index (χ3v) is 4.79. The fourth-order valence-corrected chi connectivity index (χ4v) is 3.25. The van der Waals surface area contributed by atoms with Crippen molar-refractivity contribution in [2.24, 2.45) is 0 Å². The van der Waals surface area contributed by atoms with Gasteiger partial charge in [0.1, 0.15) is 17.2 Å². The molecular weight excluding hydrogens is 409 g/mol. The van der Waals surface area contributed by atoms with Crippen LogP contribution in [0.1, 0.15) is 5.69 Å². The Bertz CT molecular complexity index is 1420. The van der Waals surface area contributed by atoms with Crippen molar-refractivity contribution in [2.75, 3.05) is 11.1 Å². The van der Waals surface area contributed by atoms with Gasteiger partial charge >= 0.3 is 0 Å². The van der Waals surface area contributed by atoms with Crippen LogP contribution in [-0.2, 0) is 0 Å². The summed E-state index contributed by atoms with van der Waals surface area (Å²) in [6, 6.07) is 13.6. The number of nitrogens with zero attached hydrogens (tertiary/aromatic N) is 4. The number of halogens is 1. The molecule has 4 heterocycles. The summed E-state index contributed by atoms with van der Waals surface area (Å²) in [6.45, 7) is 1.91. The van der Waals surface area contributed by atoms with Crippen LogP contribution in [0.15, 0.2) is 67.1 Å². The molecule has 0 spiro atoms. The average molecular weight is 427 g/mol. The number of rotatable bonds is 5. The molecule has 0 unspecified atom stereocenters. The summed E-state index contributed by atoms with van der Waals surface area (Å²) in [4.78, 5) is 19.9. The van der Waals surface area contributed by atoms with Crippen LogP contribution in [0.25, 0.3) is 22.3 Å². The fourth-order valence-electron chi connectivity index (χ4n) is 3.25. The van der Waals surface area contributed by atoms with Gasteiger partial charge in [0, 0.05) is 47.7 Å². The van der Waals surface area contributed by atoms with E-state index in [4.69, 9.17) is 10.5 Å². The molecule has 4 aromatic heterocycles. The molecule has 0 radical (unpaired) electrons. The van der Waals surface area contributed by atoms with Crippen LogP contribution in [0.2, 0.25) is 0 Å². The van der Waals surface area contributed by atoms with Gasteiger partial charge < -0.3 is 20.8 Å². The normalized spacial score (nSPS) is 10.9. The van der Waals surface area contributed by atoms with Gasteiger partial charge in [-0.05, 0) is 43.3 Å². The van der Waals surface area contributed by atoms with Crippen molar-refractivity contribution < 1.29 is 9.13 Å². The molecule has 0 atom stereocenters. The number of pyridine rings is 2. The van der Waals surface area contributed by atoms with E-state index in [9.17, 15) is 4.39 Å². The quantitative estimate of drug-likeness (QED) is 0.362. The van der Waals surface area contributed by atoms with Crippen LogP contribution in [0.5, 0.6) is 11.5 Å². The van der Waals surface area contributed by atoms with Gasteiger partial charge in [0.05, 0.1) is 11.1 Å². The molecule has 0 bridgehead atoms. The van der Waals surface area contributed by atoms with Crippen molar-refractivity contribution >= 4 is 28.5 Å². The number of hydrogen-bond acceptors (Lipinski definition) is 7. The first kappa shape index (κ1) is 19.4. The van der Waals surface area contributed by atoms with Crippen LogP contribution in [-0.4, -0.2) is 24.9 Å². The maximum absolute atomic E-state index is 14.8. The highest BCUT2D eigenvalue weighted by molar-refractivity contribution is 5.82. The molecular formula is C23H18FN7O. The molecule has 4 N–H and O–H groups in total. The van der Waals surface area contributed by atoms with Crippen molar-refractivity contribution in [1.29, 1.82) is 0 Å². The molecule has 0 aliphatic carbocycles. The Hall–Kier alpha value is -4.53. The Morgan fingerprint density at radius 1 is 1.00 bits per heavy atom. The van der Waals surface area contributed by atoms with Gasteiger partial charge in [0.15, 0.2) is 11.6 Å². The number of nitrogen functional groups attached to an aromatic ring is 1. The smallest absolute Gasteiger partial charge is 0.222 e. The summed E-state index contributed by atoms with van der Waals surface area (Å²) < 4.78 is 20.5. The lowest BCUT2D eigenvalue weighted by Gasteiger charge is -2.11. The maximum atomic E-state index is 14.8. The van der Waals surface area contributed by atoms with Crippen molar-refractivity contribution in [3.8, 4) is 22.8 Å². The van der Waals surface area contributed by atoms with Gasteiger partial charge in [-0.15, -0.1) is 0 Å². The minimum Gasteiger partial charge on any atom is -0.453 e. The van der Waals surface area contributed by atoms with E-state index in [1.165, 1.54) is 6.07 Å². The highest BCUT2D eigenvalue weighted by Crippen LogP contribution is 2.32. The number of anilines is 3. The van der Waals surface area contributed by atoms with E-state index in [1.54, 1.807) is 42.9 Å². The number of aromatic nitrogens is 5. The monoisotopic (exact) mass is 427 g/mol. The van der Waals surface area contributed by atoms with E-state index in [1.807, 2.05) is 25.1 Å². The van der Waals surface area contributed by atoms with Gasteiger partial charge in [0.25, 0.3) is 0 Å². The number of benzene rings is 1. The van der Waals surface area contributed by atoms with Crippen molar-refractivity contribution in [3.63, 3.8) is 0 Å². The second-order valence-electron chi connectivity index (χ2n) is 7.11. The first-order valence-electron chi connectivity index (χ1n) is 9.79. The topological polar surface area (TPSA) is 115 Å². The molecule has 0 saturated carbocycles. The Balaban J connectivity index is 1.39. The number of ether oxygens (including phenoxy) is 1. The number of aryl methyl sites for hydroxylation is 1. The third kappa shape index (κ3) is 3.91. The van der Waals surface area contributed by atoms with Gasteiger partial charge in [-0.2, -0.15) is 4.98 Å². The summed E-state index contributed by atoms with van der Waals surface area (Å²) >= 11 is 0. The number of nitrogens with one attached hydrogen (secondary N) is 2. The van der Waals surface area contributed by atoms with E-state index in [2.05, 4.69) is 30.2 Å². The lowest BCUT2D eigenvalue weighted by Crippen LogP contribution is -2.02. The van der Waals surface area contributed by atoms with E-state index in [-0.39, 0.29) is 11.7 Å². The molecule has 0 saturated heterocycles. The SMILES string of the molecule is Cc1ccc(-c2cc(Nc3ccc(Oc4ccnc5[nH]ccc45)c(F)c3)nc(N)n2)cn1. The lowest BCUT2D eigenvalue weighted by molar-refractivity contribution is 0.446. The molecule has 158 valence electrons. The minimum atomic E-state index is -0.527. The molecule has 8 nitrogen and oxygen atoms in total. The molecule has 32 heavy (non-hydrogen) atoms. The van der Waals surface area contributed by atoms with Crippen LogP contribution in [0.3, 0.4) is 0 Å². The Morgan fingerprint density at radius 2 is 1.91 bits per heavy atom. The Labute approximate surface area is 182 Å². The molecule has 0 aliphatic rings. The molecule has 1 aromatic carbocycles. The van der Waals surface area contributed by atoms with Gasteiger partial charge in [-0.3, -0.25) is 4.98 Å². The van der Waals surface area contributed by atoms with Gasteiger partial charge in [-0.1, -0.05) is 0 Å². The molecule has 5 rings (SSSR count). The second kappa shape index (κ2) is 7.95. The molecule has 0 fully saturated rings. The highest BCUT2D eigenvalue weighted by Gasteiger charge is 2.11. The van der Waals surface area contributed by atoms with Crippen LogP contribution in [0.4, 0.5) is 21.8 Å². The number of H-pyrrole nitrogens is 1. The summed E-state index contributed by atoms with van der Waals surface area (Å²) in [5, 5.41) is 3.83. The number of nitrogens with two attached hydrogens (primary N) is 1. The maximum Gasteiger partial charge on any atom is 0.222 e. The van der Waals surface area contributed by atoms with Gasteiger partial charge in [-0.25, -0.2) is 14.4 Å². The van der Waals surface area contributed by atoms with Crippen molar-refractivity contribution in [1.82, 2.24) is 24.9 Å². The predicted molar refractivity (Wildman–Crippen MR) is 120 cm³/mol. The zero-order valence-electron chi connectivity index (χ0n) is 17.0. The third-order valence-electron chi connectivity index (χ3n) is 4.79. The van der Waals surface area contributed by atoms with Crippen molar-refractivity contribution in [3.05, 3.63) is 78.6 Å². The Kier molecular flexibility index (Phi) is 4.83. The summed E-state index contributed by atoms with van der Waals surface area (Å²) in [5.41, 5.74) is 9.34. The van der Waals surface area contributed by atoms with E-state index in [0.717, 1.165) is 16.6 Å². The van der Waals surface area contributed by atoms with E-state index < -0.39 is 5.82 Å². The summed E-state index contributed by atoms with van der Waals surface area (Å²) in [6.07, 6.45) is 5.07. The summed E-state index contributed by atoms with van der Waals surface area (Å²) in [5.74, 6) is 0.609.